The second-order valence-corrected chi connectivity index (χ2v) is 5.52. The van der Waals surface area contributed by atoms with E-state index >= 15 is 0 Å². The van der Waals surface area contributed by atoms with Gasteiger partial charge in [-0.15, -0.1) is 11.3 Å². The molecule has 1 aliphatic heterocycles. The van der Waals surface area contributed by atoms with Gasteiger partial charge in [-0.3, -0.25) is 0 Å². The number of ether oxygens (including phenoxy) is 1. The molecule has 0 spiro atoms. The van der Waals surface area contributed by atoms with E-state index in [9.17, 15) is 0 Å². The van der Waals surface area contributed by atoms with E-state index in [-0.39, 0.29) is 6.04 Å². The van der Waals surface area contributed by atoms with Gasteiger partial charge >= 0.3 is 0 Å². The molecule has 0 saturated heterocycles. The molecule has 0 aliphatic carbocycles. The van der Waals surface area contributed by atoms with Gasteiger partial charge in [0.25, 0.3) is 0 Å². The maximum Gasteiger partial charge on any atom is 0.222 e. The monoisotopic (exact) mass is 264 g/mol. The van der Waals surface area contributed by atoms with Crippen molar-refractivity contribution in [2.75, 3.05) is 12.4 Å². The Morgan fingerprint density at radius 1 is 1.61 bits per heavy atom. The molecule has 2 aromatic heterocycles. The van der Waals surface area contributed by atoms with E-state index in [4.69, 9.17) is 4.74 Å². The van der Waals surface area contributed by atoms with Crippen molar-refractivity contribution in [3.8, 4) is 0 Å². The summed E-state index contributed by atoms with van der Waals surface area (Å²) in [6.45, 7) is 2.63. The zero-order valence-corrected chi connectivity index (χ0v) is 11.3. The molecule has 6 heteroatoms. The van der Waals surface area contributed by atoms with Crippen LogP contribution in [0.2, 0.25) is 0 Å². The molecule has 0 unspecified atom stereocenters. The minimum absolute atomic E-state index is 0.286. The lowest BCUT2D eigenvalue weighted by Crippen LogP contribution is -2.30. The van der Waals surface area contributed by atoms with Gasteiger partial charge in [0.2, 0.25) is 5.95 Å². The molecule has 0 saturated carbocycles. The number of methoxy groups -OCH3 is 1. The quantitative estimate of drug-likeness (QED) is 0.924. The van der Waals surface area contributed by atoms with Crippen molar-refractivity contribution >= 4 is 17.3 Å². The third-order valence-electron chi connectivity index (χ3n) is 3.07. The fourth-order valence-corrected chi connectivity index (χ4v) is 3.13. The smallest absolute Gasteiger partial charge is 0.222 e. The number of aromatic nitrogens is 3. The highest BCUT2D eigenvalue weighted by atomic mass is 32.1. The van der Waals surface area contributed by atoms with Gasteiger partial charge in [-0.25, -0.2) is 4.68 Å². The van der Waals surface area contributed by atoms with Crippen molar-refractivity contribution in [3.63, 3.8) is 0 Å². The molecule has 2 atom stereocenters. The Morgan fingerprint density at radius 3 is 3.22 bits per heavy atom. The van der Waals surface area contributed by atoms with Crippen LogP contribution in [-0.4, -0.2) is 27.9 Å². The van der Waals surface area contributed by atoms with E-state index in [1.807, 2.05) is 4.68 Å². The van der Waals surface area contributed by atoms with Crippen LogP contribution in [0, 0.1) is 0 Å². The Kier molecular flexibility index (Phi) is 3.05. The minimum Gasteiger partial charge on any atom is -0.377 e. The normalized spacial score (nSPS) is 22.6. The molecular weight excluding hydrogens is 248 g/mol. The number of nitrogens with zero attached hydrogens (tertiary/aromatic N) is 3. The molecule has 0 amide bonds. The van der Waals surface area contributed by atoms with Gasteiger partial charge in [-0.05, 0) is 24.8 Å². The van der Waals surface area contributed by atoms with Gasteiger partial charge < -0.3 is 10.1 Å². The molecule has 2 aromatic rings. The first kappa shape index (κ1) is 11.7. The fourth-order valence-electron chi connectivity index (χ4n) is 2.31. The van der Waals surface area contributed by atoms with Gasteiger partial charge in [0, 0.05) is 18.0 Å². The largest absolute Gasteiger partial charge is 0.377 e. The topological polar surface area (TPSA) is 52.0 Å². The van der Waals surface area contributed by atoms with E-state index in [0.717, 1.165) is 18.2 Å². The van der Waals surface area contributed by atoms with Crippen molar-refractivity contribution in [2.45, 2.75) is 32.0 Å². The maximum atomic E-state index is 5.09. The van der Waals surface area contributed by atoms with Crippen LogP contribution < -0.4 is 5.32 Å². The Bertz CT molecular complexity index is 522. The Hall–Kier alpha value is -1.40. The van der Waals surface area contributed by atoms with Gasteiger partial charge in [0.15, 0.2) is 5.82 Å². The standard InChI is InChI=1S/C12H16N4OS/c1-8-6-9(10-4-3-5-18-10)16-12(13-8)14-11(15-16)7-17-2/h3-5,8-9H,6-7H2,1-2H3,(H,13,14,15)/t8-,9-/m1/s1. The summed E-state index contributed by atoms with van der Waals surface area (Å²) in [6, 6.07) is 4.94. The number of anilines is 1. The third-order valence-corrected chi connectivity index (χ3v) is 4.04. The molecule has 96 valence electrons. The lowest BCUT2D eigenvalue weighted by atomic mass is 10.1. The highest BCUT2D eigenvalue weighted by Crippen LogP contribution is 2.33. The van der Waals surface area contributed by atoms with Crippen molar-refractivity contribution in [1.82, 2.24) is 14.8 Å². The van der Waals surface area contributed by atoms with Crippen molar-refractivity contribution in [2.24, 2.45) is 0 Å². The molecule has 3 heterocycles. The molecule has 0 aromatic carbocycles. The molecular formula is C12H16N4OS. The van der Waals surface area contributed by atoms with Gasteiger partial charge in [0.1, 0.15) is 6.61 Å². The van der Waals surface area contributed by atoms with Crippen molar-refractivity contribution in [3.05, 3.63) is 28.2 Å². The zero-order valence-electron chi connectivity index (χ0n) is 10.5. The zero-order chi connectivity index (χ0) is 12.5. The first-order valence-corrected chi connectivity index (χ1v) is 6.90. The van der Waals surface area contributed by atoms with E-state index in [1.165, 1.54) is 4.88 Å². The number of nitrogens with one attached hydrogen (secondary N) is 1. The molecule has 1 N–H and O–H groups in total. The summed E-state index contributed by atoms with van der Waals surface area (Å²) < 4.78 is 7.08. The van der Waals surface area contributed by atoms with Gasteiger partial charge in [-0.2, -0.15) is 10.1 Å². The number of hydrogen-bond acceptors (Lipinski definition) is 5. The predicted molar refractivity (Wildman–Crippen MR) is 70.9 cm³/mol. The lowest BCUT2D eigenvalue weighted by molar-refractivity contribution is 0.177. The van der Waals surface area contributed by atoms with Gasteiger partial charge in [-0.1, -0.05) is 6.07 Å². The molecule has 1 aliphatic rings. The second kappa shape index (κ2) is 4.70. The fraction of sp³-hybridized carbons (Fsp3) is 0.500. The third kappa shape index (κ3) is 2.02. The predicted octanol–water partition coefficient (Wildman–Crippen LogP) is 2.28. The molecule has 3 rings (SSSR count). The lowest BCUT2D eigenvalue weighted by Gasteiger charge is -2.28. The summed E-state index contributed by atoms with van der Waals surface area (Å²) in [5, 5.41) is 10.0. The van der Waals surface area contributed by atoms with E-state index in [2.05, 4.69) is 39.8 Å². The second-order valence-electron chi connectivity index (χ2n) is 4.54. The summed E-state index contributed by atoms with van der Waals surface area (Å²) in [7, 11) is 1.66. The van der Waals surface area contributed by atoms with Crippen LogP contribution in [0.4, 0.5) is 5.95 Å². The first-order chi connectivity index (χ1) is 8.78. The Balaban J connectivity index is 1.98. The van der Waals surface area contributed by atoms with Crippen LogP contribution >= 0.6 is 11.3 Å². The average molecular weight is 264 g/mol. The summed E-state index contributed by atoms with van der Waals surface area (Å²) >= 11 is 1.77. The summed E-state index contributed by atoms with van der Waals surface area (Å²) in [4.78, 5) is 5.80. The van der Waals surface area contributed by atoms with Crippen LogP contribution in [0.25, 0.3) is 0 Å². The number of thiophene rings is 1. The van der Waals surface area contributed by atoms with Crippen LogP contribution in [0.15, 0.2) is 17.5 Å². The average Bonchev–Trinajstić information content (AvgIpc) is 2.96. The van der Waals surface area contributed by atoms with E-state index < -0.39 is 0 Å². The minimum atomic E-state index is 0.286. The maximum absolute atomic E-state index is 5.09. The molecule has 0 fully saturated rings. The Labute approximate surface area is 110 Å². The number of fused-ring (bicyclic) bond motifs is 1. The molecule has 18 heavy (non-hydrogen) atoms. The first-order valence-electron chi connectivity index (χ1n) is 6.02. The summed E-state index contributed by atoms with van der Waals surface area (Å²) in [5.74, 6) is 1.58. The molecule has 5 nitrogen and oxygen atoms in total. The highest BCUT2D eigenvalue weighted by molar-refractivity contribution is 7.10. The SMILES string of the molecule is COCc1nc2n(n1)[C@@H](c1cccs1)C[C@@H](C)N2. The van der Waals surface area contributed by atoms with Gasteiger partial charge in [0.05, 0.1) is 6.04 Å². The van der Waals surface area contributed by atoms with Crippen LogP contribution in [-0.2, 0) is 11.3 Å². The Morgan fingerprint density at radius 2 is 2.50 bits per heavy atom. The van der Waals surface area contributed by atoms with Crippen LogP contribution in [0.1, 0.15) is 30.1 Å². The van der Waals surface area contributed by atoms with Crippen LogP contribution in [0.3, 0.4) is 0 Å². The highest BCUT2D eigenvalue weighted by Gasteiger charge is 2.28. The van der Waals surface area contributed by atoms with Crippen molar-refractivity contribution < 1.29 is 4.74 Å². The number of hydrogen-bond donors (Lipinski definition) is 1. The molecule has 0 radical (unpaired) electrons. The van der Waals surface area contributed by atoms with E-state index in [1.54, 1.807) is 18.4 Å². The molecule has 0 bridgehead atoms. The van der Waals surface area contributed by atoms with Crippen LogP contribution in [0.5, 0.6) is 0 Å². The number of rotatable bonds is 3. The summed E-state index contributed by atoms with van der Waals surface area (Å²) in [6.07, 6.45) is 1.03. The summed E-state index contributed by atoms with van der Waals surface area (Å²) in [5.41, 5.74) is 0. The van der Waals surface area contributed by atoms with Crippen molar-refractivity contribution in [1.29, 1.82) is 0 Å². The van der Waals surface area contributed by atoms with E-state index in [0.29, 0.717) is 12.6 Å².